The summed E-state index contributed by atoms with van der Waals surface area (Å²) in [5.74, 6) is 0.0208. The Balaban J connectivity index is 2.25. The fraction of sp³-hybridized carbons (Fsp3) is 0.167. The largest absolute Gasteiger partial charge is 0.417 e. The average molecular weight is 320 g/mol. The lowest BCUT2D eigenvalue weighted by Gasteiger charge is -2.15. The normalized spacial score (nSPS) is 13.0. The molecule has 0 atom stereocenters. The van der Waals surface area contributed by atoms with Crippen molar-refractivity contribution in [2.24, 2.45) is 0 Å². The van der Waals surface area contributed by atoms with Gasteiger partial charge < -0.3 is 4.98 Å². The molecule has 0 amide bonds. The van der Waals surface area contributed by atoms with Gasteiger partial charge in [-0.15, -0.1) is 0 Å². The second-order valence-electron chi connectivity index (χ2n) is 4.42. The van der Waals surface area contributed by atoms with Gasteiger partial charge in [-0.2, -0.15) is 31.4 Å². The quantitative estimate of drug-likeness (QED) is 0.694. The average Bonchev–Trinajstić information content (AvgIpc) is 3.03. The van der Waals surface area contributed by atoms with Crippen molar-refractivity contribution in [2.75, 3.05) is 0 Å². The summed E-state index contributed by atoms with van der Waals surface area (Å²) in [7, 11) is 0. The molecule has 0 saturated heterocycles. The Morgan fingerprint density at radius 1 is 0.955 bits per heavy atom. The minimum absolute atomic E-state index is 0.0208. The Kier molecular flexibility index (Phi) is 2.94. The second kappa shape index (κ2) is 4.49. The third kappa shape index (κ3) is 2.40. The van der Waals surface area contributed by atoms with Crippen LogP contribution in [0.15, 0.2) is 30.6 Å². The van der Waals surface area contributed by atoms with Gasteiger partial charge in [-0.25, -0.2) is 9.67 Å². The molecule has 0 saturated carbocycles. The number of nitrogens with one attached hydrogen (secondary N) is 1. The van der Waals surface area contributed by atoms with Crippen LogP contribution in [-0.4, -0.2) is 19.7 Å². The number of rotatable bonds is 1. The number of nitrogens with zero attached hydrogens (tertiary/aromatic N) is 3. The van der Waals surface area contributed by atoms with Gasteiger partial charge in [0.25, 0.3) is 0 Å². The summed E-state index contributed by atoms with van der Waals surface area (Å²) >= 11 is 0. The molecule has 0 unspecified atom stereocenters. The van der Waals surface area contributed by atoms with Gasteiger partial charge >= 0.3 is 12.4 Å². The third-order valence-electron chi connectivity index (χ3n) is 2.94. The molecule has 22 heavy (non-hydrogen) atoms. The van der Waals surface area contributed by atoms with Crippen LogP contribution in [-0.2, 0) is 12.4 Å². The van der Waals surface area contributed by atoms with E-state index in [-0.39, 0.29) is 17.0 Å². The van der Waals surface area contributed by atoms with E-state index in [0.29, 0.717) is 12.1 Å². The number of aromatic amines is 1. The van der Waals surface area contributed by atoms with Crippen LogP contribution in [0.4, 0.5) is 26.3 Å². The van der Waals surface area contributed by atoms with Crippen molar-refractivity contribution in [3.05, 3.63) is 41.7 Å². The van der Waals surface area contributed by atoms with Crippen molar-refractivity contribution < 1.29 is 26.3 Å². The second-order valence-corrected chi connectivity index (χ2v) is 4.42. The molecule has 0 aliphatic carbocycles. The highest BCUT2D eigenvalue weighted by atomic mass is 19.4. The molecule has 2 heterocycles. The first-order valence-electron chi connectivity index (χ1n) is 5.84. The maximum absolute atomic E-state index is 12.8. The molecular formula is C12H6F6N4. The van der Waals surface area contributed by atoms with Crippen LogP contribution in [0.1, 0.15) is 11.1 Å². The Bertz CT molecular complexity index is 762. The highest BCUT2D eigenvalue weighted by Crippen LogP contribution is 2.41. The highest BCUT2D eigenvalue weighted by Gasteiger charge is 2.43. The maximum Gasteiger partial charge on any atom is 0.417 e. The zero-order chi connectivity index (χ0) is 16.1. The SMILES string of the molecule is FC(F)(F)c1cc2nc(-n3cccn3)[nH]c2cc1C(F)(F)F. The van der Waals surface area contributed by atoms with Crippen LogP contribution in [0.25, 0.3) is 17.0 Å². The molecule has 0 radical (unpaired) electrons. The number of hydrogen-bond donors (Lipinski definition) is 1. The third-order valence-corrected chi connectivity index (χ3v) is 2.94. The fourth-order valence-electron chi connectivity index (χ4n) is 2.02. The molecule has 0 fully saturated rings. The monoisotopic (exact) mass is 320 g/mol. The molecule has 1 N–H and O–H groups in total. The van der Waals surface area contributed by atoms with Gasteiger partial charge in [0, 0.05) is 12.4 Å². The van der Waals surface area contributed by atoms with Gasteiger partial charge in [0.05, 0.1) is 22.2 Å². The molecule has 4 nitrogen and oxygen atoms in total. The molecule has 3 rings (SSSR count). The van der Waals surface area contributed by atoms with Crippen LogP contribution in [0.3, 0.4) is 0 Å². The molecule has 0 bridgehead atoms. The van der Waals surface area contributed by atoms with Crippen molar-refractivity contribution in [2.45, 2.75) is 12.4 Å². The van der Waals surface area contributed by atoms with Crippen molar-refractivity contribution >= 4 is 11.0 Å². The van der Waals surface area contributed by atoms with Crippen LogP contribution >= 0.6 is 0 Å². The summed E-state index contributed by atoms with van der Waals surface area (Å²) in [5.41, 5.74) is -3.93. The summed E-state index contributed by atoms with van der Waals surface area (Å²) in [6.07, 6.45) is -7.41. The molecular weight excluding hydrogens is 314 g/mol. The summed E-state index contributed by atoms with van der Waals surface area (Å²) < 4.78 is 78.2. The molecule has 3 aromatic rings. The minimum atomic E-state index is -5.14. The zero-order valence-corrected chi connectivity index (χ0v) is 10.5. The summed E-state index contributed by atoms with van der Waals surface area (Å²) in [6.45, 7) is 0. The van der Waals surface area contributed by atoms with Crippen LogP contribution in [0, 0.1) is 0 Å². The van der Waals surface area contributed by atoms with E-state index in [1.54, 1.807) is 0 Å². The van der Waals surface area contributed by atoms with Crippen LogP contribution in [0.5, 0.6) is 0 Å². The lowest BCUT2D eigenvalue weighted by molar-refractivity contribution is -0.161. The topological polar surface area (TPSA) is 46.5 Å². The predicted octanol–water partition coefficient (Wildman–Crippen LogP) is 3.79. The Morgan fingerprint density at radius 2 is 1.59 bits per heavy atom. The number of imidazole rings is 1. The summed E-state index contributed by atoms with van der Waals surface area (Å²) in [6, 6.07) is 2.31. The van der Waals surface area contributed by atoms with E-state index >= 15 is 0 Å². The lowest BCUT2D eigenvalue weighted by Crippen LogP contribution is -2.16. The molecule has 10 heteroatoms. The fourth-order valence-corrected chi connectivity index (χ4v) is 2.02. The molecule has 0 aliphatic heterocycles. The van der Waals surface area contributed by atoms with E-state index in [1.165, 1.54) is 23.1 Å². The number of hydrogen-bond acceptors (Lipinski definition) is 2. The molecule has 0 aliphatic rings. The van der Waals surface area contributed by atoms with E-state index in [1.807, 2.05) is 0 Å². The molecule has 116 valence electrons. The van der Waals surface area contributed by atoms with Crippen molar-refractivity contribution in [3.63, 3.8) is 0 Å². The van der Waals surface area contributed by atoms with E-state index < -0.39 is 23.5 Å². The van der Waals surface area contributed by atoms with Gasteiger partial charge in [0.15, 0.2) is 0 Å². The summed E-state index contributed by atoms with van der Waals surface area (Å²) in [5, 5.41) is 3.80. The number of halogens is 6. The van der Waals surface area contributed by atoms with E-state index in [4.69, 9.17) is 0 Å². The zero-order valence-electron chi connectivity index (χ0n) is 10.5. The minimum Gasteiger partial charge on any atom is -0.322 e. The lowest BCUT2D eigenvalue weighted by atomic mass is 10.1. The van der Waals surface area contributed by atoms with Crippen molar-refractivity contribution in [1.82, 2.24) is 19.7 Å². The first-order chi connectivity index (χ1) is 10.2. The van der Waals surface area contributed by atoms with Crippen molar-refractivity contribution in [1.29, 1.82) is 0 Å². The number of aromatic nitrogens is 4. The van der Waals surface area contributed by atoms with Crippen LogP contribution in [0.2, 0.25) is 0 Å². The Labute approximate surface area is 118 Å². The predicted molar refractivity (Wildman–Crippen MR) is 63.2 cm³/mol. The van der Waals surface area contributed by atoms with E-state index in [2.05, 4.69) is 15.1 Å². The number of fused-ring (bicyclic) bond motifs is 1. The van der Waals surface area contributed by atoms with E-state index in [0.717, 1.165) is 0 Å². The van der Waals surface area contributed by atoms with Gasteiger partial charge in [0.2, 0.25) is 5.95 Å². The highest BCUT2D eigenvalue weighted by molar-refractivity contribution is 5.78. The number of alkyl halides is 6. The van der Waals surface area contributed by atoms with E-state index in [9.17, 15) is 26.3 Å². The van der Waals surface area contributed by atoms with Gasteiger partial charge in [-0.05, 0) is 18.2 Å². The summed E-state index contributed by atoms with van der Waals surface area (Å²) in [4.78, 5) is 6.34. The molecule has 1 aromatic carbocycles. The van der Waals surface area contributed by atoms with Gasteiger partial charge in [-0.1, -0.05) is 0 Å². The first-order valence-corrected chi connectivity index (χ1v) is 5.84. The van der Waals surface area contributed by atoms with Crippen LogP contribution < -0.4 is 0 Å². The Morgan fingerprint density at radius 3 is 2.14 bits per heavy atom. The smallest absolute Gasteiger partial charge is 0.322 e. The van der Waals surface area contributed by atoms with Crippen molar-refractivity contribution in [3.8, 4) is 5.95 Å². The van der Waals surface area contributed by atoms with Gasteiger partial charge in [0.1, 0.15) is 0 Å². The van der Waals surface area contributed by atoms with Gasteiger partial charge in [-0.3, -0.25) is 0 Å². The number of H-pyrrole nitrogens is 1. The Hall–Kier alpha value is -2.52. The standard InChI is InChI=1S/C12H6F6N4/c13-11(14,15)6-4-8-9(5-7(6)12(16,17)18)21-10(20-8)22-3-1-2-19-22/h1-5H,(H,20,21). The maximum atomic E-state index is 12.8. The first kappa shape index (κ1) is 14.4. The number of benzene rings is 1. The molecule has 2 aromatic heterocycles. The molecule has 0 spiro atoms.